The lowest BCUT2D eigenvalue weighted by Gasteiger charge is -2.19. The van der Waals surface area contributed by atoms with Crippen LogP contribution in [0.3, 0.4) is 0 Å². The van der Waals surface area contributed by atoms with Crippen LogP contribution in [0.4, 0.5) is 10.1 Å². The number of carbonyl (C=O) groups excluding carboxylic acids is 1. The minimum absolute atomic E-state index is 0.245. The van der Waals surface area contributed by atoms with E-state index in [9.17, 15) is 9.18 Å². The van der Waals surface area contributed by atoms with Gasteiger partial charge in [-0.25, -0.2) is 8.91 Å². The highest BCUT2D eigenvalue weighted by Crippen LogP contribution is 2.31. The molecule has 0 unspecified atom stereocenters. The number of nitrogens with zero attached hydrogens (tertiary/aromatic N) is 3. The number of hydrogen-bond acceptors (Lipinski definition) is 4. The summed E-state index contributed by atoms with van der Waals surface area (Å²) < 4.78 is 15.9. The molecule has 0 aliphatic carbocycles. The molecule has 0 aliphatic heterocycles. The second-order valence-electron chi connectivity index (χ2n) is 6.48. The lowest BCUT2D eigenvalue weighted by molar-refractivity contribution is 0.100. The number of hydrogen-bond donors (Lipinski definition) is 2. The highest BCUT2D eigenvalue weighted by Gasteiger charge is 2.19. The number of rotatable bonds is 5. The molecule has 3 aromatic heterocycles. The number of aromatic nitrogens is 3. The highest BCUT2D eigenvalue weighted by atomic mass is 19.1. The van der Waals surface area contributed by atoms with Crippen LogP contribution in [-0.2, 0) is 0 Å². The van der Waals surface area contributed by atoms with Crippen LogP contribution >= 0.6 is 0 Å². The van der Waals surface area contributed by atoms with Gasteiger partial charge < -0.3 is 11.1 Å². The summed E-state index contributed by atoms with van der Waals surface area (Å²) in [6, 6.07) is 11.8. The van der Waals surface area contributed by atoms with Crippen molar-refractivity contribution >= 4 is 17.1 Å². The first-order chi connectivity index (χ1) is 13.5. The predicted octanol–water partition coefficient (Wildman–Crippen LogP) is 3.81. The summed E-state index contributed by atoms with van der Waals surface area (Å²) in [4.78, 5) is 16.0. The number of nitrogens with one attached hydrogen (secondary N) is 1. The molecule has 140 valence electrons. The lowest BCUT2D eigenvalue weighted by Crippen LogP contribution is -2.18. The molecular weight excluding hydrogens is 357 g/mol. The van der Waals surface area contributed by atoms with Gasteiger partial charge in [0, 0.05) is 29.7 Å². The topological polar surface area (TPSA) is 85.3 Å². The predicted molar refractivity (Wildman–Crippen MR) is 105 cm³/mol. The minimum Gasteiger partial charge on any atom is -0.376 e. The van der Waals surface area contributed by atoms with E-state index >= 15 is 0 Å². The zero-order valence-electron chi connectivity index (χ0n) is 15.1. The average Bonchev–Trinajstić information content (AvgIpc) is 3.14. The van der Waals surface area contributed by atoms with Crippen molar-refractivity contribution in [3.8, 4) is 11.1 Å². The second kappa shape index (κ2) is 7.11. The quantitative estimate of drug-likeness (QED) is 0.555. The molecule has 28 heavy (non-hydrogen) atoms. The van der Waals surface area contributed by atoms with Gasteiger partial charge in [0.25, 0.3) is 5.91 Å². The van der Waals surface area contributed by atoms with Crippen molar-refractivity contribution in [3.63, 3.8) is 0 Å². The molecule has 1 amide bonds. The van der Waals surface area contributed by atoms with Crippen LogP contribution < -0.4 is 11.1 Å². The van der Waals surface area contributed by atoms with Crippen molar-refractivity contribution in [1.29, 1.82) is 0 Å². The van der Waals surface area contributed by atoms with Crippen LogP contribution in [0.15, 0.2) is 67.3 Å². The van der Waals surface area contributed by atoms with Gasteiger partial charge in [-0.3, -0.25) is 9.78 Å². The number of fused-ring (bicyclic) bond motifs is 1. The Morgan fingerprint density at radius 1 is 1.18 bits per heavy atom. The molecule has 0 radical (unpaired) electrons. The zero-order valence-corrected chi connectivity index (χ0v) is 15.1. The van der Waals surface area contributed by atoms with Crippen molar-refractivity contribution < 1.29 is 9.18 Å². The maximum Gasteiger partial charge on any atom is 0.252 e. The summed E-state index contributed by atoms with van der Waals surface area (Å²) in [5, 5.41) is 7.54. The van der Waals surface area contributed by atoms with Crippen LogP contribution in [-0.4, -0.2) is 20.5 Å². The SMILES string of the molecule is C[C@@H](Nc1c(C(N)=O)cnn2cc(-c3ccncc3)cc12)c1ccccc1F. The van der Waals surface area contributed by atoms with Gasteiger partial charge in [-0.05, 0) is 36.8 Å². The van der Waals surface area contributed by atoms with E-state index in [0.717, 1.165) is 11.1 Å². The number of benzene rings is 1. The van der Waals surface area contributed by atoms with Crippen LogP contribution in [0, 0.1) is 5.82 Å². The van der Waals surface area contributed by atoms with Gasteiger partial charge in [0.2, 0.25) is 0 Å². The zero-order chi connectivity index (χ0) is 19.7. The molecule has 6 nitrogen and oxygen atoms in total. The number of pyridine rings is 1. The fraction of sp³-hybridized carbons (Fsp3) is 0.0952. The Bertz CT molecular complexity index is 1160. The molecule has 1 aromatic carbocycles. The van der Waals surface area contributed by atoms with E-state index in [0.29, 0.717) is 16.8 Å². The molecule has 1 atom stereocenters. The standard InChI is InChI=1S/C21H18FN5O/c1-13(16-4-2-3-5-18(16)22)26-20-17(21(23)28)11-25-27-12-15(10-19(20)27)14-6-8-24-9-7-14/h2-13,26H,1H3,(H2,23,28)/t13-/m1/s1. The summed E-state index contributed by atoms with van der Waals surface area (Å²) >= 11 is 0. The molecule has 4 rings (SSSR count). The van der Waals surface area contributed by atoms with E-state index in [1.807, 2.05) is 31.3 Å². The molecule has 0 spiro atoms. The van der Waals surface area contributed by atoms with Gasteiger partial charge in [0.05, 0.1) is 29.0 Å². The maximum absolute atomic E-state index is 14.2. The largest absolute Gasteiger partial charge is 0.376 e. The van der Waals surface area contributed by atoms with Gasteiger partial charge in [-0.15, -0.1) is 0 Å². The van der Waals surface area contributed by atoms with E-state index in [1.54, 1.807) is 35.1 Å². The van der Waals surface area contributed by atoms with E-state index < -0.39 is 5.91 Å². The van der Waals surface area contributed by atoms with Crippen LogP contribution in [0.2, 0.25) is 0 Å². The third-order valence-electron chi connectivity index (χ3n) is 4.65. The van der Waals surface area contributed by atoms with E-state index in [2.05, 4.69) is 15.4 Å². The summed E-state index contributed by atoms with van der Waals surface area (Å²) in [6.45, 7) is 1.83. The number of halogens is 1. The first-order valence-electron chi connectivity index (χ1n) is 8.77. The maximum atomic E-state index is 14.2. The smallest absolute Gasteiger partial charge is 0.252 e. The molecule has 3 heterocycles. The third kappa shape index (κ3) is 3.18. The third-order valence-corrected chi connectivity index (χ3v) is 4.65. The molecule has 0 saturated carbocycles. The van der Waals surface area contributed by atoms with Crippen molar-refractivity contribution in [3.05, 3.63) is 84.2 Å². The molecule has 0 aliphatic rings. The normalized spacial score (nSPS) is 12.1. The number of amides is 1. The first-order valence-corrected chi connectivity index (χ1v) is 8.77. The van der Waals surface area contributed by atoms with E-state index in [-0.39, 0.29) is 17.4 Å². The Morgan fingerprint density at radius 2 is 1.93 bits per heavy atom. The van der Waals surface area contributed by atoms with Crippen LogP contribution in [0.25, 0.3) is 16.6 Å². The Hall–Kier alpha value is -3.74. The molecule has 0 saturated heterocycles. The number of carbonyl (C=O) groups is 1. The molecule has 3 N–H and O–H groups in total. The summed E-state index contributed by atoms with van der Waals surface area (Å²) in [5.74, 6) is -0.925. The van der Waals surface area contributed by atoms with E-state index in [1.165, 1.54) is 12.3 Å². The first kappa shape index (κ1) is 17.7. The molecule has 0 bridgehead atoms. The monoisotopic (exact) mass is 375 g/mol. The van der Waals surface area contributed by atoms with Crippen molar-refractivity contribution in [1.82, 2.24) is 14.6 Å². The average molecular weight is 375 g/mol. The summed E-state index contributed by atoms with van der Waals surface area (Å²) in [5.41, 5.74) is 9.36. The van der Waals surface area contributed by atoms with Crippen LogP contribution in [0.5, 0.6) is 0 Å². The number of primary amides is 1. The Kier molecular flexibility index (Phi) is 4.49. The highest BCUT2D eigenvalue weighted by molar-refractivity contribution is 6.02. The minimum atomic E-state index is -0.607. The van der Waals surface area contributed by atoms with Crippen LogP contribution in [0.1, 0.15) is 28.9 Å². The number of anilines is 1. The van der Waals surface area contributed by atoms with Gasteiger partial charge in [0.1, 0.15) is 5.82 Å². The van der Waals surface area contributed by atoms with Gasteiger partial charge in [-0.1, -0.05) is 18.2 Å². The van der Waals surface area contributed by atoms with Crippen molar-refractivity contribution in [2.45, 2.75) is 13.0 Å². The molecule has 7 heteroatoms. The molecular formula is C21H18FN5O. The fourth-order valence-corrected chi connectivity index (χ4v) is 3.22. The Balaban J connectivity index is 1.83. The van der Waals surface area contributed by atoms with Crippen molar-refractivity contribution in [2.75, 3.05) is 5.32 Å². The fourth-order valence-electron chi connectivity index (χ4n) is 3.22. The van der Waals surface area contributed by atoms with Gasteiger partial charge >= 0.3 is 0 Å². The number of nitrogens with two attached hydrogens (primary N) is 1. The van der Waals surface area contributed by atoms with E-state index in [4.69, 9.17) is 5.73 Å². The Labute approximate surface area is 160 Å². The second-order valence-corrected chi connectivity index (χ2v) is 6.48. The summed E-state index contributed by atoms with van der Waals surface area (Å²) in [6.07, 6.45) is 6.69. The molecule has 0 fully saturated rings. The lowest BCUT2D eigenvalue weighted by atomic mass is 10.1. The summed E-state index contributed by atoms with van der Waals surface area (Å²) in [7, 11) is 0. The van der Waals surface area contributed by atoms with Gasteiger partial charge in [-0.2, -0.15) is 5.10 Å². The molecule has 4 aromatic rings. The Morgan fingerprint density at radius 3 is 2.64 bits per heavy atom. The van der Waals surface area contributed by atoms with Gasteiger partial charge in [0.15, 0.2) is 0 Å². The van der Waals surface area contributed by atoms with Crippen molar-refractivity contribution in [2.24, 2.45) is 5.73 Å².